The lowest BCUT2D eigenvalue weighted by Crippen LogP contribution is -2.20. The molecule has 0 saturated heterocycles. The molecule has 9 nitrogen and oxygen atoms in total. The van der Waals surface area contributed by atoms with Crippen LogP contribution in [-0.4, -0.2) is 46.0 Å². The van der Waals surface area contributed by atoms with Crippen molar-refractivity contribution in [2.75, 3.05) is 26.4 Å². The summed E-state index contributed by atoms with van der Waals surface area (Å²) in [5, 5.41) is 0. The van der Waals surface area contributed by atoms with E-state index in [1.165, 1.54) is 0 Å². The van der Waals surface area contributed by atoms with E-state index in [0.29, 0.717) is 12.8 Å². The van der Waals surface area contributed by atoms with Gasteiger partial charge in [0, 0.05) is 13.2 Å². The molecule has 0 aromatic heterocycles. The molecule has 0 atom stereocenters. The molecule has 0 aromatic carbocycles. The van der Waals surface area contributed by atoms with Gasteiger partial charge >= 0.3 is 15.6 Å². The van der Waals surface area contributed by atoms with Crippen molar-refractivity contribution < 1.29 is 42.5 Å². The summed E-state index contributed by atoms with van der Waals surface area (Å²) in [5.41, 5.74) is 0.478. The Hall–Kier alpha value is 0.180. The molecule has 0 aliphatic heterocycles. The summed E-state index contributed by atoms with van der Waals surface area (Å²) in [6.45, 7) is 10.6. The summed E-state index contributed by atoms with van der Waals surface area (Å²) in [6.07, 6.45) is 15.0. The molecule has 0 amide bonds. The van der Waals surface area contributed by atoms with Crippen LogP contribution in [0.3, 0.4) is 0 Å². The van der Waals surface area contributed by atoms with E-state index in [1.807, 2.05) is 0 Å². The first-order chi connectivity index (χ1) is 16.9. The van der Waals surface area contributed by atoms with Crippen LogP contribution in [0.25, 0.3) is 0 Å². The molecule has 0 fully saturated rings. The number of unbranched alkanes of at least 4 members (excludes halogenated alkanes) is 3. The van der Waals surface area contributed by atoms with Crippen molar-refractivity contribution in [1.29, 1.82) is 0 Å². The van der Waals surface area contributed by atoms with Gasteiger partial charge in [0.05, 0.1) is 13.2 Å². The van der Waals surface area contributed by atoms with Gasteiger partial charge in [0.1, 0.15) is 0 Å². The third-order valence-corrected chi connectivity index (χ3v) is 9.00. The molecule has 0 unspecified atom stereocenters. The Labute approximate surface area is 219 Å². The van der Waals surface area contributed by atoms with Gasteiger partial charge in [0.2, 0.25) is 0 Å². The Morgan fingerprint density at radius 3 is 1.14 bits per heavy atom. The summed E-state index contributed by atoms with van der Waals surface area (Å²) >= 11 is 0. The fourth-order valence-corrected chi connectivity index (χ4v) is 5.82. The highest BCUT2D eigenvalue weighted by molar-refractivity contribution is 7.46. The molecule has 0 aliphatic carbocycles. The van der Waals surface area contributed by atoms with E-state index in [9.17, 15) is 9.13 Å². The molecule has 0 aliphatic rings. The van der Waals surface area contributed by atoms with Crippen molar-refractivity contribution in [1.82, 2.24) is 0 Å². The van der Waals surface area contributed by atoms with Gasteiger partial charge < -0.3 is 24.3 Å². The van der Waals surface area contributed by atoms with E-state index in [-0.39, 0.29) is 24.0 Å². The molecule has 0 heterocycles. The average Bonchev–Trinajstić information content (AvgIpc) is 2.81. The number of phosphoric acid groups is 2. The zero-order valence-corrected chi connectivity index (χ0v) is 24.9. The second kappa shape index (κ2) is 19.3. The average molecular weight is 561 g/mol. The second-order valence-electron chi connectivity index (χ2n) is 10.1. The van der Waals surface area contributed by atoms with E-state index in [0.717, 1.165) is 96.7 Å². The standard InChI is InChI=1S/C25H54O9P2/c1-5-24(6-2,18-11-14-22-33-35(26,27)28)16-9-12-20-32-21-13-10-17-25(7-3,8-4)19-15-23-34-36(29,30)31/h5-23H2,1-4H3,(H2,26,27,28)(H2,29,30,31). The highest BCUT2D eigenvalue weighted by Gasteiger charge is 2.26. The Balaban J connectivity index is 4.06. The number of ether oxygens (including phenoxy) is 1. The number of rotatable bonds is 25. The summed E-state index contributed by atoms with van der Waals surface area (Å²) in [6, 6.07) is 0. The normalized spacial score (nSPS) is 13.4. The molecule has 0 saturated carbocycles. The SMILES string of the molecule is CCC(CC)(CCCCOCCCCC(CC)(CC)CCCOP(=O)(O)O)CCCCOP(=O)(O)O. The smallest absolute Gasteiger partial charge is 0.381 e. The first kappa shape index (κ1) is 36.2. The predicted molar refractivity (Wildman–Crippen MR) is 144 cm³/mol. The third-order valence-electron chi connectivity index (χ3n) is 7.96. The van der Waals surface area contributed by atoms with Gasteiger partial charge in [-0.25, -0.2) is 9.13 Å². The molecule has 0 spiro atoms. The summed E-state index contributed by atoms with van der Waals surface area (Å²) in [5.74, 6) is 0. The van der Waals surface area contributed by atoms with Crippen LogP contribution < -0.4 is 0 Å². The Bertz CT molecular complexity index is 625. The minimum Gasteiger partial charge on any atom is -0.381 e. The van der Waals surface area contributed by atoms with Crippen molar-refractivity contribution in [2.45, 2.75) is 124 Å². The van der Waals surface area contributed by atoms with Crippen molar-refractivity contribution >= 4 is 15.6 Å². The van der Waals surface area contributed by atoms with Crippen LogP contribution in [-0.2, 0) is 22.9 Å². The fourth-order valence-electron chi connectivity index (χ4n) is 5.09. The third kappa shape index (κ3) is 18.4. The van der Waals surface area contributed by atoms with Crippen molar-refractivity contribution in [3.05, 3.63) is 0 Å². The molecule has 0 aromatic rings. The maximum Gasteiger partial charge on any atom is 0.469 e. The van der Waals surface area contributed by atoms with Crippen LogP contribution in [0.5, 0.6) is 0 Å². The van der Waals surface area contributed by atoms with E-state index < -0.39 is 15.6 Å². The van der Waals surface area contributed by atoms with Crippen molar-refractivity contribution in [2.24, 2.45) is 10.8 Å². The first-order valence-corrected chi connectivity index (χ1v) is 16.9. The van der Waals surface area contributed by atoms with Crippen LogP contribution in [0.15, 0.2) is 0 Å². The number of hydrogen-bond acceptors (Lipinski definition) is 5. The van der Waals surface area contributed by atoms with Gasteiger partial charge in [-0.1, -0.05) is 72.6 Å². The summed E-state index contributed by atoms with van der Waals surface area (Å²) < 4.78 is 36.6. The minimum atomic E-state index is -4.38. The summed E-state index contributed by atoms with van der Waals surface area (Å²) in [7, 11) is -8.74. The van der Waals surface area contributed by atoms with Crippen LogP contribution in [0.4, 0.5) is 0 Å². The molecule has 36 heavy (non-hydrogen) atoms. The zero-order valence-electron chi connectivity index (χ0n) is 23.2. The quantitative estimate of drug-likeness (QED) is 0.0677. The van der Waals surface area contributed by atoms with Crippen LogP contribution >= 0.6 is 15.6 Å². The summed E-state index contributed by atoms with van der Waals surface area (Å²) in [4.78, 5) is 35.2. The Kier molecular flexibility index (Phi) is 19.4. The molecule has 0 bridgehead atoms. The van der Waals surface area contributed by atoms with E-state index in [4.69, 9.17) is 24.3 Å². The molecule has 218 valence electrons. The van der Waals surface area contributed by atoms with E-state index >= 15 is 0 Å². The van der Waals surface area contributed by atoms with Gasteiger partial charge in [0.15, 0.2) is 0 Å². The molecule has 11 heteroatoms. The van der Waals surface area contributed by atoms with Gasteiger partial charge in [-0.15, -0.1) is 0 Å². The van der Waals surface area contributed by atoms with Gasteiger partial charge in [0.25, 0.3) is 0 Å². The maximum atomic E-state index is 10.8. The van der Waals surface area contributed by atoms with E-state index in [1.54, 1.807) is 0 Å². The van der Waals surface area contributed by atoms with E-state index in [2.05, 4.69) is 36.7 Å². The number of hydrogen-bond donors (Lipinski definition) is 4. The van der Waals surface area contributed by atoms with Crippen LogP contribution in [0.1, 0.15) is 124 Å². The lowest BCUT2D eigenvalue weighted by Gasteiger charge is -2.32. The Morgan fingerprint density at radius 2 is 0.806 bits per heavy atom. The molecule has 4 N–H and O–H groups in total. The molecular weight excluding hydrogens is 506 g/mol. The highest BCUT2D eigenvalue weighted by atomic mass is 31.2. The molecular formula is C25H54O9P2. The lowest BCUT2D eigenvalue weighted by atomic mass is 9.74. The largest absolute Gasteiger partial charge is 0.469 e. The fraction of sp³-hybridized carbons (Fsp3) is 1.00. The van der Waals surface area contributed by atoms with Crippen LogP contribution in [0.2, 0.25) is 0 Å². The minimum absolute atomic E-state index is 0.0948. The van der Waals surface area contributed by atoms with Crippen molar-refractivity contribution in [3.8, 4) is 0 Å². The lowest BCUT2D eigenvalue weighted by molar-refractivity contribution is 0.112. The monoisotopic (exact) mass is 560 g/mol. The maximum absolute atomic E-state index is 10.8. The molecule has 0 radical (unpaired) electrons. The number of phosphoric ester groups is 2. The topological polar surface area (TPSA) is 143 Å². The first-order valence-electron chi connectivity index (χ1n) is 13.8. The van der Waals surface area contributed by atoms with Gasteiger partial charge in [-0.3, -0.25) is 9.05 Å². The second-order valence-corrected chi connectivity index (χ2v) is 12.6. The van der Waals surface area contributed by atoms with Gasteiger partial charge in [-0.05, 0) is 62.2 Å². The predicted octanol–water partition coefficient (Wildman–Crippen LogP) is 7.13. The zero-order chi connectivity index (χ0) is 27.6. The van der Waals surface area contributed by atoms with Crippen molar-refractivity contribution in [3.63, 3.8) is 0 Å². The van der Waals surface area contributed by atoms with Crippen LogP contribution in [0, 0.1) is 10.8 Å². The van der Waals surface area contributed by atoms with Gasteiger partial charge in [-0.2, -0.15) is 0 Å². The highest BCUT2D eigenvalue weighted by Crippen LogP contribution is 2.41. The Morgan fingerprint density at radius 1 is 0.500 bits per heavy atom. The molecule has 0 rings (SSSR count).